The zero-order valence-corrected chi connectivity index (χ0v) is 7.04. The van der Waals surface area contributed by atoms with Crippen molar-refractivity contribution in [2.75, 3.05) is 0 Å². The van der Waals surface area contributed by atoms with Crippen molar-refractivity contribution in [1.29, 1.82) is 0 Å². The summed E-state index contributed by atoms with van der Waals surface area (Å²) in [5.74, 6) is -1.04. The van der Waals surface area contributed by atoms with Crippen LogP contribution in [0.1, 0.15) is 10.4 Å². The van der Waals surface area contributed by atoms with E-state index in [1.165, 1.54) is 12.4 Å². The van der Waals surface area contributed by atoms with Gasteiger partial charge in [-0.1, -0.05) is 11.6 Å². The van der Waals surface area contributed by atoms with Crippen LogP contribution in [0.5, 0.6) is 0 Å². The van der Waals surface area contributed by atoms with Gasteiger partial charge in [-0.25, -0.2) is 4.79 Å². The van der Waals surface area contributed by atoms with Crippen LogP contribution in [0.2, 0.25) is 5.15 Å². The van der Waals surface area contributed by atoms with Gasteiger partial charge in [0, 0.05) is 6.20 Å². The first-order valence-corrected chi connectivity index (χ1v) is 3.79. The third-order valence-corrected chi connectivity index (χ3v) is 1.94. The third-order valence-electron chi connectivity index (χ3n) is 1.68. The molecule has 0 aliphatic heterocycles. The van der Waals surface area contributed by atoms with Crippen LogP contribution in [0.3, 0.4) is 0 Å². The van der Waals surface area contributed by atoms with Crippen molar-refractivity contribution in [2.45, 2.75) is 0 Å². The van der Waals surface area contributed by atoms with Crippen molar-refractivity contribution in [3.63, 3.8) is 0 Å². The van der Waals surface area contributed by atoms with Gasteiger partial charge < -0.3 is 10.1 Å². The van der Waals surface area contributed by atoms with Crippen molar-refractivity contribution >= 4 is 28.5 Å². The van der Waals surface area contributed by atoms with E-state index in [9.17, 15) is 4.79 Å². The fourth-order valence-electron chi connectivity index (χ4n) is 1.12. The summed E-state index contributed by atoms with van der Waals surface area (Å²) in [5.41, 5.74) is 0.673. The molecule has 2 aromatic heterocycles. The van der Waals surface area contributed by atoms with E-state index in [0.717, 1.165) is 0 Å². The Morgan fingerprint density at radius 3 is 3.08 bits per heavy atom. The number of aromatic nitrogens is 3. The first-order valence-electron chi connectivity index (χ1n) is 3.41. The average Bonchev–Trinajstić information content (AvgIpc) is 2.49. The number of carboxylic acid groups (broad SMARTS) is 1. The molecular weight excluding hydrogens is 194 g/mol. The Labute approximate surface area is 77.4 Å². The molecule has 0 aliphatic carbocycles. The minimum Gasteiger partial charge on any atom is -0.478 e. The number of nitrogens with zero attached hydrogens (tertiary/aromatic N) is 2. The molecule has 13 heavy (non-hydrogen) atoms. The number of nitrogens with one attached hydrogen (secondary N) is 1. The lowest BCUT2D eigenvalue weighted by Crippen LogP contribution is -1.94. The molecule has 0 fully saturated rings. The summed E-state index contributed by atoms with van der Waals surface area (Å²) >= 11 is 5.69. The van der Waals surface area contributed by atoms with Gasteiger partial charge in [-0.05, 0) is 0 Å². The number of H-pyrrole nitrogens is 1. The van der Waals surface area contributed by atoms with Gasteiger partial charge in [-0.15, -0.1) is 5.10 Å². The highest BCUT2D eigenvalue weighted by Gasteiger charge is 2.13. The van der Waals surface area contributed by atoms with Gasteiger partial charge in [0.1, 0.15) is 0 Å². The van der Waals surface area contributed by atoms with Crippen LogP contribution in [-0.2, 0) is 0 Å². The highest BCUT2D eigenvalue weighted by atomic mass is 35.5. The number of rotatable bonds is 1. The molecule has 0 atom stereocenters. The monoisotopic (exact) mass is 197 g/mol. The second-order valence-electron chi connectivity index (χ2n) is 2.43. The molecule has 0 aliphatic rings. The lowest BCUT2D eigenvalue weighted by molar-refractivity contribution is 0.0699. The molecule has 0 saturated carbocycles. The van der Waals surface area contributed by atoms with Crippen LogP contribution < -0.4 is 0 Å². The number of fused-ring (bicyclic) bond motifs is 1. The van der Waals surface area contributed by atoms with Crippen LogP contribution in [0, 0.1) is 0 Å². The average molecular weight is 198 g/mol. The standard InChI is InChI=1S/C7H4ClN3O2/c8-6-5-3(7(12)13)1-9-4(5)2-10-11-6/h1-2,9H,(H,12,13). The molecule has 0 aromatic carbocycles. The van der Waals surface area contributed by atoms with Gasteiger partial charge in [0.2, 0.25) is 0 Å². The highest BCUT2D eigenvalue weighted by molar-refractivity contribution is 6.35. The number of aromatic carboxylic acids is 1. The Bertz CT molecular complexity index is 480. The largest absolute Gasteiger partial charge is 0.478 e. The van der Waals surface area contributed by atoms with E-state index in [0.29, 0.717) is 10.9 Å². The zero-order chi connectivity index (χ0) is 9.42. The summed E-state index contributed by atoms with van der Waals surface area (Å²) in [4.78, 5) is 13.4. The van der Waals surface area contributed by atoms with E-state index in [2.05, 4.69) is 15.2 Å². The maximum atomic E-state index is 10.7. The van der Waals surface area contributed by atoms with E-state index in [4.69, 9.17) is 16.7 Å². The summed E-state index contributed by atoms with van der Waals surface area (Å²) in [6.07, 6.45) is 2.79. The Morgan fingerprint density at radius 2 is 2.38 bits per heavy atom. The molecule has 66 valence electrons. The fraction of sp³-hybridized carbons (Fsp3) is 0. The SMILES string of the molecule is O=C(O)c1c[nH]c2cnnc(Cl)c12. The Morgan fingerprint density at radius 1 is 1.62 bits per heavy atom. The quantitative estimate of drug-likeness (QED) is 0.723. The minimum absolute atomic E-state index is 0.0937. The molecule has 0 saturated heterocycles. The molecule has 2 rings (SSSR count). The number of carboxylic acids is 1. The second-order valence-corrected chi connectivity index (χ2v) is 2.79. The summed E-state index contributed by atoms with van der Waals surface area (Å²) in [6.45, 7) is 0. The normalized spacial score (nSPS) is 10.5. The van der Waals surface area contributed by atoms with Crippen molar-refractivity contribution in [2.24, 2.45) is 0 Å². The summed E-state index contributed by atoms with van der Waals surface area (Å²) in [6, 6.07) is 0. The summed E-state index contributed by atoms with van der Waals surface area (Å²) in [7, 11) is 0. The molecule has 6 heteroatoms. The first kappa shape index (κ1) is 8.00. The Balaban J connectivity index is 2.86. The van der Waals surface area contributed by atoms with Gasteiger partial charge in [0.05, 0.1) is 22.7 Å². The Hall–Kier alpha value is -1.62. The molecule has 0 spiro atoms. The molecule has 0 unspecified atom stereocenters. The van der Waals surface area contributed by atoms with Gasteiger partial charge in [-0.3, -0.25) is 0 Å². The van der Waals surface area contributed by atoms with Gasteiger partial charge >= 0.3 is 5.97 Å². The second kappa shape index (κ2) is 2.70. The maximum Gasteiger partial charge on any atom is 0.337 e. The fourth-order valence-corrected chi connectivity index (χ4v) is 1.37. The summed E-state index contributed by atoms with van der Waals surface area (Å²) in [5, 5.41) is 16.4. The van der Waals surface area contributed by atoms with Crippen molar-refractivity contribution < 1.29 is 9.90 Å². The molecule has 2 aromatic rings. The predicted octanol–water partition coefficient (Wildman–Crippen LogP) is 1.31. The lowest BCUT2D eigenvalue weighted by Gasteiger charge is -1.92. The molecule has 5 nitrogen and oxygen atoms in total. The van der Waals surface area contributed by atoms with Crippen molar-refractivity contribution in [3.8, 4) is 0 Å². The molecule has 2 heterocycles. The van der Waals surface area contributed by atoms with Crippen molar-refractivity contribution in [1.82, 2.24) is 15.2 Å². The smallest absolute Gasteiger partial charge is 0.337 e. The minimum atomic E-state index is -1.04. The third kappa shape index (κ3) is 1.13. The van der Waals surface area contributed by atoms with E-state index < -0.39 is 5.97 Å². The molecular formula is C7H4ClN3O2. The predicted molar refractivity (Wildman–Crippen MR) is 45.9 cm³/mol. The van der Waals surface area contributed by atoms with Crippen LogP contribution in [0.4, 0.5) is 0 Å². The number of hydrogen-bond acceptors (Lipinski definition) is 3. The molecule has 0 radical (unpaired) electrons. The van der Waals surface area contributed by atoms with Crippen molar-refractivity contribution in [3.05, 3.63) is 23.1 Å². The van der Waals surface area contributed by atoms with E-state index in [-0.39, 0.29) is 10.7 Å². The number of hydrogen-bond donors (Lipinski definition) is 2. The number of halogens is 1. The zero-order valence-electron chi connectivity index (χ0n) is 6.28. The van der Waals surface area contributed by atoms with E-state index >= 15 is 0 Å². The van der Waals surface area contributed by atoms with E-state index in [1.54, 1.807) is 0 Å². The lowest BCUT2D eigenvalue weighted by atomic mass is 10.2. The molecule has 2 N–H and O–H groups in total. The van der Waals surface area contributed by atoms with Crippen LogP contribution >= 0.6 is 11.6 Å². The van der Waals surface area contributed by atoms with Gasteiger partial charge in [-0.2, -0.15) is 5.10 Å². The Kier molecular flexibility index (Phi) is 1.66. The van der Waals surface area contributed by atoms with Gasteiger partial charge in [0.15, 0.2) is 5.15 Å². The van der Waals surface area contributed by atoms with E-state index in [1.807, 2.05) is 0 Å². The van der Waals surface area contributed by atoms with Crippen LogP contribution in [0.25, 0.3) is 10.9 Å². The molecule has 0 bridgehead atoms. The number of aromatic amines is 1. The van der Waals surface area contributed by atoms with Crippen LogP contribution in [-0.4, -0.2) is 26.3 Å². The maximum absolute atomic E-state index is 10.7. The topological polar surface area (TPSA) is 78.9 Å². The number of carbonyl (C=O) groups is 1. The summed E-state index contributed by atoms with van der Waals surface area (Å²) < 4.78 is 0. The van der Waals surface area contributed by atoms with Gasteiger partial charge in [0.25, 0.3) is 0 Å². The molecule has 0 amide bonds. The van der Waals surface area contributed by atoms with Crippen LogP contribution in [0.15, 0.2) is 12.4 Å². The highest BCUT2D eigenvalue weighted by Crippen LogP contribution is 2.23. The first-order chi connectivity index (χ1) is 6.20.